The van der Waals surface area contributed by atoms with E-state index in [2.05, 4.69) is 25.9 Å². The Balaban J connectivity index is 1.40. The molecule has 0 bridgehead atoms. The van der Waals surface area contributed by atoms with Gasteiger partial charge in [0, 0.05) is 23.7 Å². The van der Waals surface area contributed by atoms with Gasteiger partial charge in [-0.3, -0.25) is 0 Å². The van der Waals surface area contributed by atoms with Gasteiger partial charge in [-0.05, 0) is 61.6 Å². The molecule has 5 nitrogen and oxygen atoms in total. The molecule has 2 aliphatic carbocycles. The predicted octanol–water partition coefficient (Wildman–Crippen LogP) is 4.83. The predicted molar refractivity (Wildman–Crippen MR) is 104 cm³/mol. The molecular formula is C22H19F2N5. The van der Waals surface area contributed by atoms with Crippen LogP contribution in [0.2, 0.25) is 0 Å². The maximum atomic E-state index is 14.4. The number of fused-ring (bicyclic) bond motifs is 1. The SMILES string of the molecule is Fc1ccc(F)c(-c2ncn(Cc3ccc4nnn(C5CC5)c4c3)c2C2CC2)c1. The lowest BCUT2D eigenvalue weighted by atomic mass is 10.1. The number of benzene rings is 2. The zero-order valence-corrected chi connectivity index (χ0v) is 15.7. The lowest BCUT2D eigenvalue weighted by Crippen LogP contribution is -2.04. The van der Waals surface area contributed by atoms with Gasteiger partial charge in [0.15, 0.2) is 0 Å². The third-order valence-corrected chi connectivity index (χ3v) is 5.81. The Bertz CT molecular complexity index is 1230. The van der Waals surface area contributed by atoms with Crippen LogP contribution in [-0.2, 0) is 6.54 Å². The van der Waals surface area contributed by atoms with Crippen molar-refractivity contribution in [1.29, 1.82) is 0 Å². The standard InChI is InChI=1S/C22H19F2N5/c23-15-4-7-18(24)17(10-15)21-22(14-2-3-14)28(12-25-21)11-13-1-8-19-20(9-13)29(27-26-19)16-5-6-16/h1,4,7-10,12,14,16H,2-3,5-6,11H2. The third kappa shape index (κ3) is 2.92. The van der Waals surface area contributed by atoms with Crippen LogP contribution in [0.3, 0.4) is 0 Å². The molecule has 0 aliphatic heterocycles. The van der Waals surface area contributed by atoms with Crippen molar-refractivity contribution in [2.45, 2.75) is 44.2 Å². The Morgan fingerprint density at radius 1 is 1.00 bits per heavy atom. The molecule has 0 radical (unpaired) electrons. The van der Waals surface area contributed by atoms with E-state index in [4.69, 9.17) is 0 Å². The van der Waals surface area contributed by atoms with Gasteiger partial charge in [-0.25, -0.2) is 18.4 Å². The summed E-state index contributed by atoms with van der Waals surface area (Å²) in [6.45, 7) is 0.627. The second-order valence-corrected chi connectivity index (χ2v) is 8.09. The first-order chi connectivity index (χ1) is 14.2. The van der Waals surface area contributed by atoms with Crippen LogP contribution in [0.4, 0.5) is 8.78 Å². The minimum Gasteiger partial charge on any atom is -0.329 e. The largest absolute Gasteiger partial charge is 0.329 e. The van der Waals surface area contributed by atoms with Crippen molar-refractivity contribution in [3.05, 3.63) is 65.6 Å². The summed E-state index contributed by atoms with van der Waals surface area (Å²) < 4.78 is 32.2. The molecule has 2 aromatic heterocycles. The first kappa shape index (κ1) is 16.8. The monoisotopic (exact) mass is 391 g/mol. The molecule has 7 heteroatoms. The molecule has 0 saturated heterocycles. The number of hydrogen-bond donors (Lipinski definition) is 0. The molecule has 146 valence electrons. The molecule has 2 aliphatic rings. The number of hydrogen-bond acceptors (Lipinski definition) is 3. The van der Waals surface area contributed by atoms with Crippen molar-refractivity contribution < 1.29 is 8.78 Å². The quantitative estimate of drug-likeness (QED) is 0.489. The van der Waals surface area contributed by atoms with Gasteiger partial charge in [-0.2, -0.15) is 0 Å². The van der Waals surface area contributed by atoms with E-state index >= 15 is 0 Å². The highest BCUT2D eigenvalue weighted by atomic mass is 19.1. The summed E-state index contributed by atoms with van der Waals surface area (Å²) in [7, 11) is 0. The van der Waals surface area contributed by atoms with E-state index in [-0.39, 0.29) is 5.56 Å². The van der Waals surface area contributed by atoms with Gasteiger partial charge in [-0.15, -0.1) is 5.10 Å². The molecule has 2 saturated carbocycles. The van der Waals surface area contributed by atoms with Crippen LogP contribution in [0.5, 0.6) is 0 Å². The van der Waals surface area contributed by atoms with Crippen molar-refractivity contribution in [2.75, 3.05) is 0 Å². The van der Waals surface area contributed by atoms with E-state index in [1.54, 1.807) is 6.33 Å². The summed E-state index contributed by atoms with van der Waals surface area (Å²) in [6.07, 6.45) is 6.14. The fourth-order valence-corrected chi connectivity index (χ4v) is 4.05. The normalized spacial score (nSPS) is 16.6. The first-order valence-corrected chi connectivity index (χ1v) is 10.0. The summed E-state index contributed by atoms with van der Waals surface area (Å²) in [5.41, 5.74) is 4.84. The minimum atomic E-state index is -0.455. The van der Waals surface area contributed by atoms with Crippen molar-refractivity contribution in [3.8, 4) is 11.3 Å². The second-order valence-electron chi connectivity index (χ2n) is 8.09. The van der Waals surface area contributed by atoms with Crippen LogP contribution in [0.15, 0.2) is 42.7 Å². The van der Waals surface area contributed by atoms with Gasteiger partial charge < -0.3 is 4.57 Å². The number of aromatic nitrogens is 5. The highest BCUT2D eigenvalue weighted by Gasteiger charge is 2.32. The van der Waals surface area contributed by atoms with Gasteiger partial charge in [-0.1, -0.05) is 11.3 Å². The Morgan fingerprint density at radius 3 is 2.66 bits per heavy atom. The average Bonchev–Trinajstić information content (AvgIpc) is 3.65. The van der Waals surface area contributed by atoms with Crippen LogP contribution in [0.25, 0.3) is 22.3 Å². The van der Waals surface area contributed by atoms with Crippen LogP contribution in [0, 0.1) is 11.6 Å². The molecule has 2 heterocycles. The smallest absolute Gasteiger partial charge is 0.132 e. The van der Waals surface area contributed by atoms with Gasteiger partial charge >= 0.3 is 0 Å². The van der Waals surface area contributed by atoms with Gasteiger partial charge in [0.05, 0.1) is 23.6 Å². The van der Waals surface area contributed by atoms with Gasteiger partial charge in [0.2, 0.25) is 0 Å². The minimum absolute atomic E-state index is 0.233. The van der Waals surface area contributed by atoms with E-state index in [9.17, 15) is 8.78 Å². The van der Waals surface area contributed by atoms with Crippen molar-refractivity contribution in [3.63, 3.8) is 0 Å². The molecule has 0 atom stereocenters. The number of rotatable bonds is 5. The topological polar surface area (TPSA) is 48.5 Å². The maximum absolute atomic E-state index is 14.4. The number of nitrogens with zero attached hydrogens (tertiary/aromatic N) is 5. The van der Waals surface area contributed by atoms with Crippen molar-refractivity contribution >= 4 is 11.0 Å². The van der Waals surface area contributed by atoms with Crippen LogP contribution >= 0.6 is 0 Å². The summed E-state index contributed by atoms with van der Waals surface area (Å²) >= 11 is 0. The van der Waals surface area contributed by atoms with E-state index in [1.165, 1.54) is 12.1 Å². The Morgan fingerprint density at radius 2 is 1.86 bits per heavy atom. The Kier molecular flexibility index (Phi) is 3.60. The summed E-state index contributed by atoms with van der Waals surface area (Å²) in [5, 5.41) is 8.56. The third-order valence-electron chi connectivity index (χ3n) is 5.81. The van der Waals surface area contributed by atoms with Crippen molar-refractivity contribution in [1.82, 2.24) is 24.5 Å². The summed E-state index contributed by atoms with van der Waals surface area (Å²) in [5.74, 6) is -0.555. The summed E-state index contributed by atoms with van der Waals surface area (Å²) in [6, 6.07) is 10.2. The molecular weight excluding hydrogens is 372 g/mol. The average molecular weight is 391 g/mol. The molecule has 6 rings (SSSR count). The maximum Gasteiger partial charge on any atom is 0.132 e. The second kappa shape index (κ2) is 6.20. The Labute approximate surface area is 166 Å². The van der Waals surface area contributed by atoms with Crippen LogP contribution in [-0.4, -0.2) is 24.5 Å². The van der Waals surface area contributed by atoms with E-state index in [0.29, 0.717) is 24.2 Å². The van der Waals surface area contributed by atoms with Gasteiger partial charge in [0.25, 0.3) is 0 Å². The van der Waals surface area contributed by atoms with Crippen LogP contribution in [0.1, 0.15) is 48.9 Å². The zero-order valence-electron chi connectivity index (χ0n) is 15.7. The molecule has 2 aromatic carbocycles. The summed E-state index contributed by atoms with van der Waals surface area (Å²) in [4.78, 5) is 4.48. The fraction of sp³-hybridized carbons (Fsp3) is 0.318. The van der Waals surface area contributed by atoms with Gasteiger partial charge in [0.1, 0.15) is 17.2 Å². The number of imidazole rings is 1. The molecule has 29 heavy (non-hydrogen) atoms. The van der Waals surface area contributed by atoms with Crippen LogP contribution < -0.4 is 0 Å². The molecule has 4 aromatic rings. The zero-order chi connectivity index (χ0) is 19.5. The lowest BCUT2D eigenvalue weighted by Gasteiger charge is -2.11. The molecule has 0 unspecified atom stereocenters. The number of halogens is 2. The highest BCUT2D eigenvalue weighted by molar-refractivity contribution is 5.75. The first-order valence-electron chi connectivity index (χ1n) is 10.0. The molecule has 0 spiro atoms. The molecule has 0 amide bonds. The lowest BCUT2D eigenvalue weighted by molar-refractivity contribution is 0.602. The Hall–Kier alpha value is -3.09. The molecule has 0 N–H and O–H groups in total. The molecule has 2 fully saturated rings. The fourth-order valence-electron chi connectivity index (χ4n) is 4.05. The van der Waals surface area contributed by atoms with E-state index < -0.39 is 11.6 Å². The highest BCUT2D eigenvalue weighted by Crippen LogP contribution is 2.45. The van der Waals surface area contributed by atoms with E-state index in [1.807, 2.05) is 16.8 Å². The van der Waals surface area contributed by atoms with Crippen molar-refractivity contribution in [2.24, 2.45) is 0 Å². The van der Waals surface area contributed by atoms with E-state index in [0.717, 1.165) is 54.0 Å².